The van der Waals surface area contributed by atoms with Crippen LogP contribution in [0.15, 0.2) is 39.5 Å². The van der Waals surface area contributed by atoms with E-state index in [1.54, 1.807) is 6.07 Å². The minimum atomic E-state index is -0.417. The van der Waals surface area contributed by atoms with Crippen LogP contribution < -0.4 is 10.3 Å². The van der Waals surface area contributed by atoms with E-state index in [9.17, 15) is 20.1 Å². The molecule has 0 saturated carbocycles. The molecule has 174 valence electrons. The highest BCUT2D eigenvalue weighted by Crippen LogP contribution is 2.45. The Morgan fingerprint density at radius 3 is 2.61 bits per heavy atom. The van der Waals surface area contributed by atoms with E-state index in [0.29, 0.717) is 22.6 Å². The maximum absolute atomic E-state index is 13.1. The number of aliphatic hydroxyl groups is 1. The van der Waals surface area contributed by atoms with Gasteiger partial charge < -0.3 is 29.5 Å². The molecule has 3 heterocycles. The summed E-state index contributed by atoms with van der Waals surface area (Å²) in [5.41, 5.74) is 1.62. The van der Waals surface area contributed by atoms with E-state index in [4.69, 9.17) is 16.0 Å². The van der Waals surface area contributed by atoms with Gasteiger partial charge in [-0.15, -0.1) is 0 Å². The molecule has 0 spiro atoms. The Labute approximate surface area is 196 Å². The quantitative estimate of drug-likeness (QED) is 0.532. The Kier molecular flexibility index (Phi) is 5.72. The van der Waals surface area contributed by atoms with Crippen molar-refractivity contribution in [3.8, 4) is 22.8 Å². The number of fused-ring (bicyclic) bond motifs is 1. The molecule has 2 aliphatic rings. The molecule has 2 saturated heterocycles. The predicted octanol–water partition coefficient (Wildman–Crippen LogP) is 3.90. The van der Waals surface area contributed by atoms with Gasteiger partial charge in [0, 0.05) is 48.3 Å². The van der Waals surface area contributed by atoms with Gasteiger partial charge in [-0.25, -0.2) is 0 Å². The number of phenols is 2. The van der Waals surface area contributed by atoms with Crippen molar-refractivity contribution < 1.29 is 19.7 Å². The fraction of sp³-hybridized carbons (Fsp3) is 0.400. The van der Waals surface area contributed by atoms with Crippen LogP contribution in [0.25, 0.3) is 22.3 Å². The molecule has 0 unspecified atom stereocenters. The number of nitrogens with zero attached hydrogens (tertiary/aromatic N) is 2. The number of likely N-dealkylation sites (N-methyl/N-ethyl adjacent to an activating group) is 1. The van der Waals surface area contributed by atoms with Crippen LogP contribution in [0, 0.1) is 0 Å². The zero-order chi connectivity index (χ0) is 23.3. The normalized spacial score (nSPS) is 21.4. The van der Waals surface area contributed by atoms with Crippen LogP contribution in [0.1, 0.15) is 30.7 Å². The molecule has 2 aliphatic heterocycles. The summed E-state index contributed by atoms with van der Waals surface area (Å²) < 4.78 is 6.24. The lowest BCUT2D eigenvalue weighted by atomic mass is 9.89. The van der Waals surface area contributed by atoms with Crippen molar-refractivity contribution in [1.82, 2.24) is 4.90 Å². The van der Waals surface area contributed by atoms with Gasteiger partial charge in [0.1, 0.15) is 28.2 Å². The minimum Gasteiger partial charge on any atom is -0.507 e. The zero-order valence-electron chi connectivity index (χ0n) is 18.4. The van der Waals surface area contributed by atoms with Crippen LogP contribution in [0.2, 0.25) is 5.02 Å². The molecule has 1 aromatic heterocycles. The number of hydrogen-bond acceptors (Lipinski definition) is 7. The average molecular weight is 471 g/mol. The van der Waals surface area contributed by atoms with Gasteiger partial charge in [-0.3, -0.25) is 4.79 Å². The SMILES string of the molecule is CN1CC[C@H](c2c(O)cc(O)c3c(=O)cc(-c4cccc(N5CCCC5)c4Cl)oc23)[C@H]1CO. The summed E-state index contributed by atoms with van der Waals surface area (Å²) in [6, 6.07) is 7.92. The van der Waals surface area contributed by atoms with Gasteiger partial charge in [0.15, 0.2) is 5.43 Å². The van der Waals surface area contributed by atoms with E-state index in [-0.39, 0.29) is 46.8 Å². The largest absolute Gasteiger partial charge is 0.507 e. The molecule has 0 bridgehead atoms. The molecule has 2 fully saturated rings. The Hall–Kier alpha value is -2.74. The summed E-state index contributed by atoms with van der Waals surface area (Å²) in [6.45, 7) is 2.48. The van der Waals surface area contributed by atoms with Gasteiger partial charge in [0.25, 0.3) is 0 Å². The molecule has 2 aromatic carbocycles. The van der Waals surface area contributed by atoms with Crippen molar-refractivity contribution in [2.24, 2.45) is 0 Å². The van der Waals surface area contributed by atoms with Crippen LogP contribution in [0.4, 0.5) is 5.69 Å². The third-order valence-corrected chi connectivity index (χ3v) is 7.47. The smallest absolute Gasteiger partial charge is 0.197 e. The van der Waals surface area contributed by atoms with Crippen LogP contribution in [0.3, 0.4) is 0 Å². The number of rotatable bonds is 4. The second-order valence-electron chi connectivity index (χ2n) is 8.97. The molecule has 33 heavy (non-hydrogen) atoms. The number of benzene rings is 2. The molecule has 3 aromatic rings. The van der Waals surface area contributed by atoms with Crippen molar-refractivity contribution in [2.75, 3.05) is 38.2 Å². The molecule has 2 atom stereocenters. The van der Waals surface area contributed by atoms with E-state index in [1.165, 1.54) is 12.1 Å². The maximum Gasteiger partial charge on any atom is 0.197 e. The Bertz CT molecular complexity index is 1270. The molecule has 3 N–H and O–H groups in total. The third-order valence-electron chi connectivity index (χ3n) is 7.07. The molecule has 0 aliphatic carbocycles. The lowest BCUT2D eigenvalue weighted by molar-refractivity contribution is 0.172. The van der Waals surface area contributed by atoms with Gasteiger partial charge >= 0.3 is 0 Å². The molecular weight excluding hydrogens is 444 g/mol. The molecule has 0 radical (unpaired) electrons. The molecule has 5 rings (SSSR count). The van der Waals surface area contributed by atoms with E-state index >= 15 is 0 Å². The van der Waals surface area contributed by atoms with Crippen LogP contribution >= 0.6 is 11.6 Å². The number of halogens is 1. The first-order chi connectivity index (χ1) is 15.9. The van der Waals surface area contributed by atoms with E-state index < -0.39 is 5.43 Å². The fourth-order valence-corrected chi connectivity index (χ4v) is 5.68. The number of aromatic hydroxyl groups is 2. The van der Waals surface area contributed by atoms with Gasteiger partial charge in [-0.05, 0) is 45.0 Å². The van der Waals surface area contributed by atoms with Gasteiger partial charge in [-0.2, -0.15) is 0 Å². The van der Waals surface area contributed by atoms with Crippen molar-refractivity contribution in [1.29, 1.82) is 0 Å². The first-order valence-electron chi connectivity index (χ1n) is 11.3. The Morgan fingerprint density at radius 2 is 1.88 bits per heavy atom. The lowest BCUT2D eigenvalue weighted by Gasteiger charge is -2.24. The van der Waals surface area contributed by atoms with Gasteiger partial charge in [0.2, 0.25) is 0 Å². The van der Waals surface area contributed by atoms with E-state index in [0.717, 1.165) is 38.2 Å². The highest BCUT2D eigenvalue weighted by Gasteiger charge is 2.36. The standard InChI is InChI=1S/C25H27ClN2O5/c1-27-10-7-14(17(27)13-29)22-18(30)11-19(31)23-20(32)12-21(33-25(22)23)15-5-4-6-16(24(15)26)28-8-2-3-9-28/h4-6,11-12,14,17,29-31H,2-3,7-10,13H2,1H3/t14-,17+/m0/s1. The zero-order valence-corrected chi connectivity index (χ0v) is 19.2. The van der Waals surface area contributed by atoms with E-state index in [1.807, 2.05) is 24.1 Å². The maximum atomic E-state index is 13.1. The number of phenolic OH excluding ortho intramolecular Hbond substituents is 2. The van der Waals surface area contributed by atoms with Crippen LogP contribution in [-0.2, 0) is 0 Å². The Morgan fingerprint density at radius 1 is 1.12 bits per heavy atom. The number of anilines is 1. The van der Waals surface area contributed by atoms with E-state index in [2.05, 4.69) is 4.90 Å². The molecule has 0 amide bonds. The summed E-state index contributed by atoms with van der Waals surface area (Å²) in [5, 5.41) is 31.7. The Balaban J connectivity index is 1.72. The average Bonchev–Trinajstić information content (AvgIpc) is 3.43. The first kappa shape index (κ1) is 22.1. The highest BCUT2D eigenvalue weighted by molar-refractivity contribution is 6.36. The van der Waals surface area contributed by atoms with Crippen molar-refractivity contribution in [2.45, 2.75) is 31.2 Å². The predicted molar refractivity (Wildman–Crippen MR) is 129 cm³/mol. The number of hydrogen-bond donors (Lipinski definition) is 3. The van der Waals surface area contributed by atoms with Crippen LogP contribution in [0.5, 0.6) is 11.5 Å². The highest BCUT2D eigenvalue weighted by atomic mass is 35.5. The topological polar surface area (TPSA) is 97.4 Å². The summed E-state index contributed by atoms with van der Waals surface area (Å²) in [7, 11) is 1.91. The number of aliphatic hydroxyl groups excluding tert-OH is 1. The molecular formula is C25H27ClN2O5. The van der Waals surface area contributed by atoms with Crippen molar-refractivity contribution in [3.05, 3.63) is 51.1 Å². The second kappa shape index (κ2) is 8.56. The third kappa shape index (κ3) is 3.64. The first-order valence-corrected chi connectivity index (χ1v) is 11.7. The minimum absolute atomic E-state index is 0.0182. The van der Waals surface area contributed by atoms with Crippen molar-refractivity contribution >= 4 is 28.3 Å². The molecule has 8 heteroatoms. The number of likely N-dealkylation sites (tertiary alicyclic amines) is 1. The summed E-state index contributed by atoms with van der Waals surface area (Å²) in [6.07, 6.45) is 2.89. The summed E-state index contributed by atoms with van der Waals surface area (Å²) in [5.74, 6) is -0.476. The fourth-order valence-electron chi connectivity index (χ4n) is 5.34. The summed E-state index contributed by atoms with van der Waals surface area (Å²) >= 11 is 6.78. The van der Waals surface area contributed by atoms with Gasteiger partial charge in [-0.1, -0.05) is 17.7 Å². The molecule has 7 nitrogen and oxygen atoms in total. The van der Waals surface area contributed by atoms with Gasteiger partial charge in [0.05, 0.1) is 17.3 Å². The summed E-state index contributed by atoms with van der Waals surface area (Å²) in [4.78, 5) is 17.4. The monoisotopic (exact) mass is 470 g/mol. The van der Waals surface area contributed by atoms with Crippen LogP contribution in [-0.4, -0.2) is 59.6 Å². The van der Waals surface area contributed by atoms with Crippen molar-refractivity contribution in [3.63, 3.8) is 0 Å². The second-order valence-corrected chi connectivity index (χ2v) is 9.34. The lowest BCUT2D eigenvalue weighted by Crippen LogP contribution is -2.32.